The molecule has 0 radical (unpaired) electrons. The maximum absolute atomic E-state index is 12.1. The highest BCUT2D eigenvalue weighted by atomic mass is 16.6. The van der Waals surface area contributed by atoms with Gasteiger partial charge < -0.3 is 19.1 Å². The first-order valence-electron chi connectivity index (χ1n) is 8.49. The first-order chi connectivity index (χ1) is 12.1. The molecule has 2 heterocycles. The van der Waals surface area contributed by atoms with Gasteiger partial charge in [0, 0.05) is 20.2 Å². The molecule has 2 aliphatic heterocycles. The average Bonchev–Trinajstić information content (AvgIpc) is 3.15. The molecule has 2 fully saturated rings. The number of hydrogen-bond donors (Lipinski definition) is 0. The van der Waals surface area contributed by atoms with Gasteiger partial charge in [0.2, 0.25) is 5.91 Å². The molecule has 0 saturated carbocycles. The highest BCUT2D eigenvalue weighted by Crippen LogP contribution is 2.27. The van der Waals surface area contributed by atoms with E-state index in [2.05, 4.69) is 0 Å². The van der Waals surface area contributed by atoms with Gasteiger partial charge >= 0.3 is 6.09 Å². The zero-order chi connectivity index (χ0) is 17.8. The summed E-state index contributed by atoms with van der Waals surface area (Å²) in [7, 11) is 3.21. The molecule has 7 heteroatoms. The summed E-state index contributed by atoms with van der Waals surface area (Å²) >= 11 is 0. The van der Waals surface area contributed by atoms with Crippen LogP contribution in [-0.4, -0.2) is 74.4 Å². The maximum atomic E-state index is 12.1. The average molecular weight is 348 g/mol. The van der Waals surface area contributed by atoms with E-state index in [1.54, 1.807) is 24.0 Å². The van der Waals surface area contributed by atoms with Crippen LogP contribution in [0.2, 0.25) is 0 Å². The van der Waals surface area contributed by atoms with Gasteiger partial charge in [-0.05, 0) is 24.1 Å². The molecule has 0 aliphatic carbocycles. The fraction of sp³-hybridized carbons (Fsp3) is 0.556. The molecule has 0 N–H and O–H groups in total. The van der Waals surface area contributed by atoms with Crippen LogP contribution >= 0.6 is 0 Å². The quantitative estimate of drug-likeness (QED) is 0.743. The van der Waals surface area contributed by atoms with Crippen LogP contribution in [0.3, 0.4) is 0 Å². The van der Waals surface area contributed by atoms with E-state index in [1.165, 1.54) is 0 Å². The number of nitrogens with zero attached hydrogens (tertiary/aromatic N) is 2. The van der Waals surface area contributed by atoms with Gasteiger partial charge in [0.1, 0.15) is 11.9 Å². The summed E-state index contributed by atoms with van der Waals surface area (Å²) < 4.78 is 15.6. The van der Waals surface area contributed by atoms with Crippen molar-refractivity contribution in [1.29, 1.82) is 0 Å². The Bertz CT molecular complexity index is 618. The Balaban J connectivity index is 1.56. The minimum Gasteiger partial charge on any atom is -0.497 e. The number of ether oxygens (including phenoxy) is 3. The van der Waals surface area contributed by atoms with Crippen molar-refractivity contribution in [1.82, 2.24) is 9.80 Å². The van der Waals surface area contributed by atoms with E-state index in [0.717, 1.165) is 17.7 Å². The van der Waals surface area contributed by atoms with Crippen molar-refractivity contribution in [2.75, 3.05) is 40.5 Å². The number of amides is 2. The van der Waals surface area contributed by atoms with E-state index < -0.39 is 0 Å². The smallest absolute Gasteiger partial charge is 0.410 e. The molecule has 1 aromatic carbocycles. The topological polar surface area (TPSA) is 68.3 Å². The lowest BCUT2D eigenvalue weighted by atomic mass is 10.1. The number of methoxy groups -OCH3 is 2. The van der Waals surface area contributed by atoms with Crippen LogP contribution in [-0.2, 0) is 20.7 Å². The third-order valence-corrected chi connectivity index (χ3v) is 4.80. The van der Waals surface area contributed by atoms with Gasteiger partial charge in [-0.15, -0.1) is 0 Å². The van der Waals surface area contributed by atoms with Gasteiger partial charge in [-0.1, -0.05) is 12.1 Å². The van der Waals surface area contributed by atoms with E-state index in [-0.39, 0.29) is 24.1 Å². The van der Waals surface area contributed by atoms with Crippen molar-refractivity contribution >= 4 is 12.0 Å². The summed E-state index contributed by atoms with van der Waals surface area (Å²) in [5.41, 5.74) is 1.13. The van der Waals surface area contributed by atoms with Gasteiger partial charge in [0.15, 0.2) is 0 Å². The molecule has 2 saturated heterocycles. The normalized spacial score (nSPS) is 22.1. The molecule has 0 aromatic heterocycles. The Morgan fingerprint density at radius 1 is 1.24 bits per heavy atom. The molecule has 0 bridgehead atoms. The maximum Gasteiger partial charge on any atom is 0.410 e. The van der Waals surface area contributed by atoms with Crippen LogP contribution in [0, 0.1) is 0 Å². The second-order valence-corrected chi connectivity index (χ2v) is 6.32. The molecular formula is C18H24N2O5. The second-order valence-electron chi connectivity index (χ2n) is 6.32. The highest BCUT2D eigenvalue weighted by molar-refractivity contribution is 5.78. The summed E-state index contributed by atoms with van der Waals surface area (Å²) in [6.45, 7) is 1.98. The van der Waals surface area contributed by atoms with Crippen LogP contribution in [0.5, 0.6) is 5.75 Å². The van der Waals surface area contributed by atoms with Crippen molar-refractivity contribution in [2.45, 2.75) is 25.0 Å². The largest absolute Gasteiger partial charge is 0.497 e. The molecule has 7 nitrogen and oxygen atoms in total. The summed E-state index contributed by atoms with van der Waals surface area (Å²) in [5, 5.41) is 0. The Morgan fingerprint density at radius 3 is 2.68 bits per heavy atom. The minimum absolute atomic E-state index is 0.0439. The van der Waals surface area contributed by atoms with Gasteiger partial charge in [-0.3, -0.25) is 9.69 Å². The van der Waals surface area contributed by atoms with Gasteiger partial charge in [-0.2, -0.15) is 0 Å². The van der Waals surface area contributed by atoms with Crippen LogP contribution in [0.1, 0.15) is 12.0 Å². The summed E-state index contributed by atoms with van der Waals surface area (Å²) in [6.07, 6.45) is 0.581. The van der Waals surface area contributed by atoms with Gasteiger partial charge in [0.25, 0.3) is 0 Å². The third kappa shape index (κ3) is 3.87. The Hall–Kier alpha value is -2.28. The van der Waals surface area contributed by atoms with Crippen molar-refractivity contribution < 1.29 is 23.8 Å². The molecule has 1 aromatic rings. The number of benzene rings is 1. The molecule has 2 atom stereocenters. The molecule has 0 spiro atoms. The number of rotatable bonds is 7. The fourth-order valence-corrected chi connectivity index (χ4v) is 3.35. The van der Waals surface area contributed by atoms with Crippen molar-refractivity contribution in [3.8, 4) is 5.75 Å². The SMILES string of the molecule is COCCC(=O)N1C[C@H]2OC(=O)N(CCc3ccc(OC)cc3)[C@H]2C1. The van der Waals surface area contributed by atoms with Crippen LogP contribution < -0.4 is 4.74 Å². The van der Waals surface area contributed by atoms with Gasteiger partial charge in [0.05, 0.1) is 32.7 Å². The van der Waals surface area contributed by atoms with E-state index in [0.29, 0.717) is 32.7 Å². The van der Waals surface area contributed by atoms with Crippen LogP contribution in [0.4, 0.5) is 4.79 Å². The van der Waals surface area contributed by atoms with Gasteiger partial charge in [-0.25, -0.2) is 4.79 Å². The summed E-state index contributed by atoms with van der Waals surface area (Å²) in [6, 6.07) is 7.75. The monoisotopic (exact) mass is 348 g/mol. The van der Waals surface area contributed by atoms with E-state index in [4.69, 9.17) is 14.2 Å². The van der Waals surface area contributed by atoms with Crippen LogP contribution in [0.25, 0.3) is 0 Å². The van der Waals surface area contributed by atoms with E-state index in [9.17, 15) is 9.59 Å². The third-order valence-electron chi connectivity index (χ3n) is 4.80. The Labute approximate surface area is 147 Å². The van der Waals surface area contributed by atoms with Crippen LogP contribution in [0.15, 0.2) is 24.3 Å². The fourth-order valence-electron chi connectivity index (χ4n) is 3.35. The summed E-state index contributed by atoms with van der Waals surface area (Å²) in [5.74, 6) is 0.854. The predicted octanol–water partition coefficient (Wildman–Crippen LogP) is 1.31. The number of carbonyl (C=O) groups is 2. The lowest BCUT2D eigenvalue weighted by Gasteiger charge is -2.22. The van der Waals surface area contributed by atoms with E-state index in [1.807, 2.05) is 24.3 Å². The molecule has 0 unspecified atom stereocenters. The molecule has 3 rings (SSSR count). The zero-order valence-corrected chi connectivity index (χ0v) is 14.6. The number of fused-ring (bicyclic) bond motifs is 1. The predicted molar refractivity (Wildman–Crippen MR) is 90.5 cm³/mol. The molecule has 2 amide bonds. The number of carbonyl (C=O) groups excluding carboxylic acids is 2. The summed E-state index contributed by atoms with van der Waals surface area (Å²) in [4.78, 5) is 27.8. The first kappa shape index (κ1) is 17.5. The first-order valence-corrected chi connectivity index (χ1v) is 8.49. The van der Waals surface area contributed by atoms with Crippen molar-refractivity contribution in [3.63, 3.8) is 0 Å². The van der Waals surface area contributed by atoms with Crippen molar-refractivity contribution in [2.24, 2.45) is 0 Å². The number of hydrogen-bond acceptors (Lipinski definition) is 5. The lowest BCUT2D eigenvalue weighted by molar-refractivity contribution is -0.131. The van der Waals surface area contributed by atoms with E-state index >= 15 is 0 Å². The molecular weight excluding hydrogens is 324 g/mol. The highest BCUT2D eigenvalue weighted by Gasteiger charge is 2.48. The Kier molecular flexibility index (Phi) is 5.43. The minimum atomic E-state index is -0.285. The lowest BCUT2D eigenvalue weighted by Crippen LogP contribution is -2.40. The Morgan fingerprint density at radius 2 is 2.00 bits per heavy atom. The zero-order valence-electron chi connectivity index (χ0n) is 14.6. The molecule has 25 heavy (non-hydrogen) atoms. The molecule has 2 aliphatic rings. The standard InChI is InChI=1S/C18H24N2O5/c1-23-10-8-17(21)19-11-15-16(12-19)25-18(22)20(15)9-7-13-3-5-14(24-2)6-4-13/h3-6,15-16H,7-12H2,1-2H3/t15-,16+/m0/s1. The second kappa shape index (κ2) is 7.74. The number of likely N-dealkylation sites (tertiary alicyclic amines) is 1. The molecule has 136 valence electrons. The van der Waals surface area contributed by atoms with Crippen molar-refractivity contribution in [3.05, 3.63) is 29.8 Å².